The number of benzene rings is 2. The van der Waals surface area contributed by atoms with Crippen LogP contribution in [0.2, 0.25) is 0 Å². The molecule has 2 aromatic carbocycles. The van der Waals surface area contributed by atoms with Crippen LogP contribution in [0.25, 0.3) is 0 Å². The van der Waals surface area contributed by atoms with Crippen molar-refractivity contribution in [1.29, 1.82) is 5.26 Å². The maximum atomic E-state index is 12.3. The minimum atomic E-state index is -0.384. The summed E-state index contributed by atoms with van der Waals surface area (Å²) in [6.07, 6.45) is 0. The highest BCUT2D eigenvalue weighted by Gasteiger charge is 2.18. The Bertz CT molecular complexity index is 858. The molecule has 7 nitrogen and oxygen atoms in total. The van der Waals surface area contributed by atoms with Gasteiger partial charge in [0.1, 0.15) is 6.54 Å². The Kier molecular flexibility index (Phi) is 6.17. The number of rotatable bonds is 6. The topological polar surface area (TPSA) is 91.7 Å². The summed E-state index contributed by atoms with van der Waals surface area (Å²) in [6, 6.07) is 13.5. The Balaban J connectivity index is 2.19. The molecule has 0 fully saturated rings. The number of carbonyl (C=O) groups is 2. The number of nitrogens with zero attached hydrogens (tertiary/aromatic N) is 2. The third-order valence-electron chi connectivity index (χ3n) is 3.64. The zero-order chi connectivity index (χ0) is 19.1. The first-order chi connectivity index (χ1) is 12.5. The van der Waals surface area contributed by atoms with E-state index >= 15 is 0 Å². The van der Waals surface area contributed by atoms with Crippen LogP contribution in [-0.4, -0.2) is 32.6 Å². The van der Waals surface area contributed by atoms with Crippen LogP contribution in [0.15, 0.2) is 42.5 Å². The Morgan fingerprint density at radius 1 is 1.12 bits per heavy atom. The van der Waals surface area contributed by atoms with Crippen molar-refractivity contribution >= 4 is 23.2 Å². The van der Waals surface area contributed by atoms with Crippen molar-refractivity contribution in [3.05, 3.63) is 48.0 Å². The maximum absolute atomic E-state index is 12.3. The lowest BCUT2D eigenvalue weighted by molar-refractivity contribution is -0.120. The van der Waals surface area contributed by atoms with E-state index in [1.54, 1.807) is 42.5 Å². The molecule has 0 aliphatic carbocycles. The summed E-state index contributed by atoms with van der Waals surface area (Å²) in [6.45, 7) is 1.20. The van der Waals surface area contributed by atoms with E-state index in [9.17, 15) is 9.59 Å². The van der Waals surface area contributed by atoms with Gasteiger partial charge in [-0.25, -0.2) is 0 Å². The van der Waals surface area contributed by atoms with Gasteiger partial charge in [-0.15, -0.1) is 0 Å². The van der Waals surface area contributed by atoms with Gasteiger partial charge in [0.2, 0.25) is 11.8 Å². The van der Waals surface area contributed by atoms with E-state index in [4.69, 9.17) is 14.7 Å². The van der Waals surface area contributed by atoms with Crippen molar-refractivity contribution in [3.8, 4) is 17.6 Å². The highest BCUT2D eigenvalue weighted by atomic mass is 16.5. The number of nitrogens with one attached hydrogen (secondary N) is 1. The molecule has 1 N–H and O–H groups in total. The summed E-state index contributed by atoms with van der Waals surface area (Å²) in [7, 11) is 3.01. The van der Waals surface area contributed by atoms with Crippen LogP contribution in [0.4, 0.5) is 11.4 Å². The van der Waals surface area contributed by atoms with Gasteiger partial charge in [-0.2, -0.15) is 5.26 Å². The SMILES string of the molecule is COc1ccc(N(CC(=O)Nc2cccc(C#N)c2)C(C)=O)cc1OC. The Labute approximate surface area is 151 Å². The molecule has 0 atom stereocenters. The van der Waals surface area contributed by atoms with Crippen LogP contribution >= 0.6 is 0 Å². The quantitative estimate of drug-likeness (QED) is 0.862. The standard InChI is InChI=1S/C19H19N3O4/c1-13(23)22(16-7-8-17(25-2)18(10-16)26-3)12-19(24)21-15-6-4-5-14(9-15)11-20/h4-10H,12H2,1-3H3,(H,21,24). The summed E-state index contributed by atoms with van der Waals surface area (Å²) in [5.74, 6) is 0.305. The van der Waals surface area contributed by atoms with Crippen LogP contribution in [0, 0.1) is 11.3 Å². The monoisotopic (exact) mass is 353 g/mol. The summed E-state index contributed by atoms with van der Waals surface area (Å²) in [5.41, 5.74) is 1.44. The van der Waals surface area contributed by atoms with Gasteiger partial charge in [0.15, 0.2) is 11.5 Å². The fraction of sp³-hybridized carbons (Fsp3) is 0.211. The lowest BCUT2D eigenvalue weighted by atomic mass is 10.2. The molecule has 0 aliphatic rings. The number of amides is 2. The molecule has 0 aliphatic heterocycles. The maximum Gasteiger partial charge on any atom is 0.244 e. The molecular formula is C19H19N3O4. The van der Waals surface area contributed by atoms with Gasteiger partial charge in [0.05, 0.1) is 25.9 Å². The summed E-state index contributed by atoms with van der Waals surface area (Å²) in [4.78, 5) is 25.7. The largest absolute Gasteiger partial charge is 0.493 e. The van der Waals surface area contributed by atoms with Crippen LogP contribution in [0.3, 0.4) is 0 Å². The highest BCUT2D eigenvalue weighted by molar-refractivity contribution is 6.02. The highest BCUT2D eigenvalue weighted by Crippen LogP contribution is 2.31. The first kappa shape index (κ1) is 18.8. The molecule has 0 spiro atoms. The van der Waals surface area contributed by atoms with Crippen molar-refractivity contribution in [3.63, 3.8) is 0 Å². The minimum absolute atomic E-state index is 0.179. The predicted molar refractivity (Wildman–Crippen MR) is 97.4 cm³/mol. The van der Waals surface area contributed by atoms with E-state index in [1.807, 2.05) is 6.07 Å². The van der Waals surface area contributed by atoms with Gasteiger partial charge in [-0.3, -0.25) is 9.59 Å². The molecule has 0 radical (unpaired) electrons. The van der Waals surface area contributed by atoms with Crippen LogP contribution in [0.5, 0.6) is 11.5 Å². The van der Waals surface area contributed by atoms with Gasteiger partial charge < -0.3 is 19.7 Å². The molecular weight excluding hydrogens is 334 g/mol. The van der Waals surface area contributed by atoms with Gasteiger partial charge in [0.25, 0.3) is 0 Å². The Morgan fingerprint density at radius 3 is 2.46 bits per heavy atom. The van der Waals surface area contributed by atoms with Crippen LogP contribution in [0.1, 0.15) is 12.5 Å². The first-order valence-electron chi connectivity index (χ1n) is 7.78. The zero-order valence-corrected chi connectivity index (χ0v) is 14.8. The van der Waals surface area contributed by atoms with E-state index in [0.717, 1.165) is 0 Å². The summed E-state index contributed by atoms with van der Waals surface area (Å²) in [5, 5.41) is 11.6. The molecule has 0 bridgehead atoms. The Morgan fingerprint density at radius 2 is 1.85 bits per heavy atom. The molecule has 134 valence electrons. The first-order valence-corrected chi connectivity index (χ1v) is 7.78. The van der Waals surface area contributed by atoms with Crippen LogP contribution in [-0.2, 0) is 9.59 Å². The van der Waals surface area contributed by atoms with E-state index in [-0.39, 0.29) is 18.4 Å². The molecule has 2 rings (SSSR count). The molecule has 0 aromatic heterocycles. The molecule has 2 aromatic rings. The molecule has 0 saturated carbocycles. The molecule has 7 heteroatoms. The van der Waals surface area contributed by atoms with E-state index in [1.165, 1.54) is 26.0 Å². The molecule has 0 unspecified atom stereocenters. The lowest BCUT2D eigenvalue weighted by Crippen LogP contribution is -2.36. The average Bonchev–Trinajstić information content (AvgIpc) is 2.65. The van der Waals surface area contributed by atoms with Crippen molar-refractivity contribution in [2.75, 3.05) is 31.0 Å². The van der Waals surface area contributed by atoms with Gasteiger partial charge >= 0.3 is 0 Å². The normalized spacial score (nSPS) is 9.77. The molecule has 0 heterocycles. The number of methoxy groups -OCH3 is 2. The molecule has 2 amide bonds. The number of ether oxygens (including phenoxy) is 2. The van der Waals surface area contributed by atoms with E-state index in [2.05, 4.69) is 5.32 Å². The number of nitriles is 1. The van der Waals surface area contributed by atoms with E-state index in [0.29, 0.717) is 28.4 Å². The zero-order valence-electron chi connectivity index (χ0n) is 14.8. The predicted octanol–water partition coefficient (Wildman–Crippen LogP) is 2.57. The number of anilines is 2. The van der Waals surface area contributed by atoms with Crippen molar-refractivity contribution in [1.82, 2.24) is 0 Å². The Hall–Kier alpha value is -3.53. The smallest absolute Gasteiger partial charge is 0.244 e. The van der Waals surface area contributed by atoms with Gasteiger partial charge in [-0.1, -0.05) is 6.07 Å². The summed E-state index contributed by atoms with van der Waals surface area (Å²) < 4.78 is 10.4. The third-order valence-corrected chi connectivity index (χ3v) is 3.64. The summed E-state index contributed by atoms with van der Waals surface area (Å²) >= 11 is 0. The second-order valence-corrected chi connectivity index (χ2v) is 5.39. The van der Waals surface area contributed by atoms with E-state index < -0.39 is 0 Å². The fourth-order valence-corrected chi connectivity index (χ4v) is 2.39. The lowest BCUT2D eigenvalue weighted by Gasteiger charge is -2.22. The van der Waals surface area contributed by atoms with Crippen LogP contribution < -0.4 is 19.7 Å². The van der Waals surface area contributed by atoms with Crippen molar-refractivity contribution < 1.29 is 19.1 Å². The minimum Gasteiger partial charge on any atom is -0.493 e. The fourth-order valence-electron chi connectivity index (χ4n) is 2.39. The molecule has 0 saturated heterocycles. The number of carbonyl (C=O) groups excluding carboxylic acids is 2. The van der Waals surface area contributed by atoms with Crippen molar-refractivity contribution in [2.24, 2.45) is 0 Å². The third kappa shape index (κ3) is 4.51. The second-order valence-electron chi connectivity index (χ2n) is 5.39. The van der Waals surface area contributed by atoms with Gasteiger partial charge in [0, 0.05) is 24.4 Å². The average molecular weight is 353 g/mol. The number of hydrogen-bond acceptors (Lipinski definition) is 5. The number of hydrogen-bond donors (Lipinski definition) is 1. The van der Waals surface area contributed by atoms with Crippen molar-refractivity contribution in [2.45, 2.75) is 6.92 Å². The van der Waals surface area contributed by atoms with Gasteiger partial charge in [-0.05, 0) is 30.3 Å². The second kappa shape index (κ2) is 8.53. The molecule has 26 heavy (non-hydrogen) atoms.